The van der Waals surface area contributed by atoms with E-state index in [0.717, 1.165) is 17.2 Å². The molecule has 35 heavy (non-hydrogen) atoms. The lowest BCUT2D eigenvalue weighted by Crippen LogP contribution is -2.53. The first kappa shape index (κ1) is 24.5. The smallest absolute Gasteiger partial charge is 0.270 e. The Balaban J connectivity index is 1.41. The van der Waals surface area contributed by atoms with Gasteiger partial charge in [0.15, 0.2) is 0 Å². The zero-order valence-corrected chi connectivity index (χ0v) is 20.0. The Morgan fingerprint density at radius 2 is 1.60 bits per heavy atom. The number of hydrogen-bond acceptors (Lipinski definition) is 6. The van der Waals surface area contributed by atoms with Crippen LogP contribution >= 0.6 is 0 Å². The van der Waals surface area contributed by atoms with Gasteiger partial charge in [-0.1, -0.05) is 54.6 Å². The van der Waals surface area contributed by atoms with Gasteiger partial charge in [-0.05, 0) is 24.6 Å². The van der Waals surface area contributed by atoms with Crippen LogP contribution in [0.15, 0.2) is 83.8 Å². The average Bonchev–Trinajstić information content (AvgIpc) is 2.89. The fourth-order valence-corrected chi connectivity index (χ4v) is 5.56. The molecule has 0 radical (unpaired) electrons. The molecule has 0 spiro atoms. The normalized spacial score (nSPS) is 15.9. The largest absolute Gasteiger partial charge is 0.324 e. The SMILES string of the molecule is CC(C(=O)Nc1ccccc1-c1ccccc1)N1CCN(S(=O)(=O)c2cccc([N+](=O)[O-])c2)CC1. The lowest BCUT2D eigenvalue weighted by atomic mass is 10.0. The molecule has 1 atom stereocenters. The lowest BCUT2D eigenvalue weighted by molar-refractivity contribution is -0.385. The molecule has 1 amide bonds. The molecule has 1 aliphatic rings. The number of nitro groups is 1. The van der Waals surface area contributed by atoms with Gasteiger partial charge >= 0.3 is 0 Å². The molecule has 0 bridgehead atoms. The molecule has 1 unspecified atom stereocenters. The van der Waals surface area contributed by atoms with Crippen molar-refractivity contribution in [2.75, 3.05) is 31.5 Å². The van der Waals surface area contributed by atoms with E-state index in [1.165, 1.54) is 22.5 Å². The van der Waals surface area contributed by atoms with E-state index in [2.05, 4.69) is 5.32 Å². The number of anilines is 1. The number of sulfonamides is 1. The molecular weight excluding hydrogens is 468 g/mol. The molecule has 1 heterocycles. The number of nitrogens with one attached hydrogen (secondary N) is 1. The lowest BCUT2D eigenvalue weighted by Gasteiger charge is -2.36. The monoisotopic (exact) mass is 494 g/mol. The Labute approximate surface area is 204 Å². The highest BCUT2D eigenvalue weighted by Crippen LogP contribution is 2.28. The molecule has 3 aromatic rings. The van der Waals surface area contributed by atoms with Crippen LogP contribution in [0.2, 0.25) is 0 Å². The topological polar surface area (TPSA) is 113 Å². The van der Waals surface area contributed by atoms with Gasteiger partial charge in [0.2, 0.25) is 15.9 Å². The van der Waals surface area contributed by atoms with E-state index >= 15 is 0 Å². The zero-order valence-electron chi connectivity index (χ0n) is 19.2. The van der Waals surface area contributed by atoms with Crippen molar-refractivity contribution in [3.05, 3.63) is 89.0 Å². The highest BCUT2D eigenvalue weighted by molar-refractivity contribution is 7.89. The summed E-state index contributed by atoms with van der Waals surface area (Å²) in [5.74, 6) is -0.177. The average molecular weight is 495 g/mol. The van der Waals surface area contributed by atoms with Crippen LogP contribution in [0.5, 0.6) is 0 Å². The summed E-state index contributed by atoms with van der Waals surface area (Å²) < 4.78 is 27.3. The fraction of sp³-hybridized carbons (Fsp3) is 0.240. The van der Waals surface area contributed by atoms with Crippen molar-refractivity contribution < 1.29 is 18.1 Å². The minimum absolute atomic E-state index is 0.108. The second-order valence-corrected chi connectivity index (χ2v) is 10.2. The fourth-order valence-electron chi connectivity index (χ4n) is 4.10. The first-order valence-electron chi connectivity index (χ1n) is 11.2. The molecule has 10 heteroatoms. The summed E-state index contributed by atoms with van der Waals surface area (Å²) in [5.41, 5.74) is 2.35. The third kappa shape index (κ3) is 5.40. The van der Waals surface area contributed by atoms with Gasteiger partial charge in [-0.15, -0.1) is 0 Å². The van der Waals surface area contributed by atoms with Crippen molar-refractivity contribution in [3.63, 3.8) is 0 Å². The highest BCUT2D eigenvalue weighted by atomic mass is 32.2. The maximum absolute atomic E-state index is 13.0. The molecule has 9 nitrogen and oxygen atoms in total. The molecule has 0 saturated carbocycles. The summed E-state index contributed by atoms with van der Waals surface area (Å²) in [7, 11) is -3.87. The number of piperazine rings is 1. The highest BCUT2D eigenvalue weighted by Gasteiger charge is 2.32. The minimum atomic E-state index is -3.87. The van der Waals surface area contributed by atoms with Gasteiger partial charge in [-0.25, -0.2) is 8.42 Å². The standard InChI is InChI=1S/C25H26N4O5S/c1-19(25(30)26-24-13-6-5-12-23(24)20-8-3-2-4-9-20)27-14-16-28(17-15-27)35(33,34)22-11-7-10-21(18-22)29(31)32/h2-13,18-19H,14-17H2,1H3,(H,26,30). The minimum Gasteiger partial charge on any atom is -0.324 e. The third-order valence-corrected chi connectivity index (χ3v) is 8.03. The quantitative estimate of drug-likeness (QED) is 0.397. The van der Waals surface area contributed by atoms with E-state index in [1.54, 1.807) is 6.92 Å². The van der Waals surface area contributed by atoms with Crippen molar-refractivity contribution in [2.24, 2.45) is 0 Å². The predicted molar refractivity (Wildman–Crippen MR) is 133 cm³/mol. The van der Waals surface area contributed by atoms with Gasteiger partial charge in [0.05, 0.1) is 15.9 Å². The van der Waals surface area contributed by atoms with Crippen LogP contribution in [0.1, 0.15) is 6.92 Å². The number of benzene rings is 3. The summed E-state index contributed by atoms with van der Waals surface area (Å²) in [4.78, 5) is 25.3. The van der Waals surface area contributed by atoms with Gasteiger partial charge in [0.25, 0.3) is 5.69 Å². The third-order valence-electron chi connectivity index (χ3n) is 6.14. The number of carbonyl (C=O) groups excluding carboxylic acids is 1. The van der Waals surface area contributed by atoms with Crippen molar-refractivity contribution in [3.8, 4) is 11.1 Å². The van der Waals surface area contributed by atoms with Crippen LogP contribution in [0, 0.1) is 10.1 Å². The second kappa shape index (κ2) is 10.3. The van der Waals surface area contributed by atoms with E-state index in [4.69, 9.17) is 0 Å². The number of carbonyl (C=O) groups is 1. The van der Waals surface area contributed by atoms with Crippen molar-refractivity contribution in [2.45, 2.75) is 17.9 Å². The van der Waals surface area contributed by atoms with E-state index in [9.17, 15) is 23.3 Å². The Kier molecular flexibility index (Phi) is 7.25. The Bertz CT molecular complexity index is 1320. The molecule has 182 valence electrons. The molecule has 4 rings (SSSR count). The summed E-state index contributed by atoms with van der Waals surface area (Å²) in [6, 6.07) is 22.0. The van der Waals surface area contributed by atoms with Crippen LogP contribution in [0.4, 0.5) is 11.4 Å². The number of nitrogens with zero attached hydrogens (tertiary/aromatic N) is 3. The number of hydrogen-bond donors (Lipinski definition) is 1. The van der Waals surface area contributed by atoms with E-state index in [0.29, 0.717) is 18.8 Å². The summed E-state index contributed by atoms with van der Waals surface area (Å²) in [6.07, 6.45) is 0. The summed E-state index contributed by atoms with van der Waals surface area (Å²) in [5, 5.41) is 14.0. The zero-order chi connectivity index (χ0) is 25.0. The van der Waals surface area contributed by atoms with Gasteiger partial charge in [-0.3, -0.25) is 19.8 Å². The first-order valence-corrected chi connectivity index (χ1v) is 12.7. The molecule has 1 N–H and O–H groups in total. The molecule has 3 aromatic carbocycles. The number of nitro benzene ring substituents is 1. The van der Waals surface area contributed by atoms with E-state index < -0.39 is 21.0 Å². The van der Waals surface area contributed by atoms with Crippen molar-refractivity contribution in [1.29, 1.82) is 0 Å². The molecule has 1 saturated heterocycles. The number of rotatable bonds is 7. The van der Waals surface area contributed by atoms with Gasteiger partial charge < -0.3 is 5.32 Å². The van der Waals surface area contributed by atoms with Crippen molar-refractivity contribution >= 4 is 27.3 Å². The van der Waals surface area contributed by atoms with Gasteiger partial charge in [-0.2, -0.15) is 4.31 Å². The number of amides is 1. The van der Waals surface area contributed by atoms with Crippen molar-refractivity contribution in [1.82, 2.24) is 9.21 Å². The maximum Gasteiger partial charge on any atom is 0.270 e. The molecular formula is C25H26N4O5S. The Morgan fingerprint density at radius 1 is 0.943 bits per heavy atom. The molecule has 1 fully saturated rings. The number of para-hydroxylation sites is 1. The summed E-state index contributed by atoms with van der Waals surface area (Å²) >= 11 is 0. The van der Waals surface area contributed by atoms with Crippen LogP contribution in [-0.4, -0.2) is 60.7 Å². The predicted octanol–water partition coefficient (Wildman–Crippen LogP) is 3.60. The first-order chi connectivity index (χ1) is 16.8. The van der Waals surface area contributed by atoms with Crippen LogP contribution in [0.25, 0.3) is 11.1 Å². The molecule has 0 aliphatic carbocycles. The molecule has 0 aromatic heterocycles. The van der Waals surface area contributed by atoms with E-state index in [-0.39, 0.29) is 29.6 Å². The van der Waals surface area contributed by atoms with Crippen LogP contribution in [-0.2, 0) is 14.8 Å². The van der Waals surface area contributed by atoms with Gasteiger partial charge in [0.1, 0.15) is 0 Å². The van der Waals surface area contributed by atoms with Crippen LogP contribution < -0.4 is 5.32 Å². The van der Waals surface area contributed by atoms with Gasteiger partial charge in [0, 0.05) is 49.6 Å². The molecule has 1 aliphatic heterocycles. The maximum atomic E-state index is 13.0. The Morgan fingerprint density at radius 3 is 2.29 bits per heavy atom. The van der Waals surface area contributed by atoms with E-state index in [1.807, 2.05) is 59.5 Å². The second-order valence-electron chi connectivity index (χ2n) is 8.27. The summed E-state index contributed by atoms with van der Waals surface area (Å²) in [6.45, 7) is 2.89. The van der Waals surface area contributed by atoms with Crippen LogP contribution in [0.3, 0.4) is 0 Å². The number of non-ortho nitro benzene ring substituents is 1. The Hall–Kier alpha value is -3.60.